The molecule has 0 spiro atoms. The van der Waals surface area contributed by atoms with Gasteiger partial charge in [-0.2, -0.15) is 0 Å². The molecule has 0 aliphatic carbocycles. The van der Waals surface area contributed by atoms with Gasteiger partial charge in [0.25, 0.3) is 0 Å². The molecule has 0 radical (unpaired) electrons. The molecule has 0 aliphatic heterocycles. The summed E-state index contributed by atoms with van der Waals surface area (Å²) in [4.78, 5) is 24.9. The van der Waals surface area contributed by atoms with Crippen LogP contribution in [0.3, 0.4) is 0 Å². The number of hydrogen-bond donors (Lipinski definition) is 3. The molecule has 5 nitrogen and oxygen atoms in total. The van der Waals surface area contributed by atoms with Gasteiger partial charge in [0, 0.05) is 23.1 Å². The molecule has 17 heavy (non-hydrogen) atoms. The van der Waals surface area contributed by atoms with Crippen LogP contribution in [0.4, 0.5) is 0 Å². The second-order valence-corrected chi connectivity index (χ2v) is 3.82. The summed E-state index contributed by atoms with van der Waals surface area (Å²) >= 11 is 0. The second-order valence-electron chi connectivity index (χ2n) is 3.82. The van der Waals surface area contributed by atoms with Gasteiger partial charge in [0.15, 0.2) is 0 Å². The largest absolute Gasteiger partial charge is 0.361 e. The number of aromatic amines is 1. The predicted octanol–water partition coefficient (Wildman–Crippen LogP) is 0.578. The topological polar surface area (TPSA) is 88.0 Å². The van der Waals surface area contributed by atoms with Crippen molar-refractivity contribution < 1.29 is 9.59 Å². The van der Waals surface area contributed by atoms with Crippen LogP contribution in [-0.4, -0.2) is 16.8 Å². The van der Waals surface area contributed by atoms with Crippen molar-refractivity contribution in [3.8, 4) is 0 Å². The first kappa shape index (κ1) is 11.2. The SMILES string of the molecule is Cc1[nH]c2ccccc2c1CNC(=O)C(N)=O. The van der Waals surface area contributed by atoms with Crippen molar-refractivity contribution in [2.75, 3.05) is 0 Å². The highest BCUT2D eigenvalue weighted by molar-refractivity contribution is 6.34. The first-order chi connectivity index (χ1) is 8.09. The van der Waals surface area contributed by atoms with Gasteiger partial charge in [-0.3, -0.25) is 9.59 Å². The number of rotatable bonds is 2. The fourth-order valence-corrected chi connectivity index (χ4v) is 1.82. The van der Waals surface area contributed by atoms with Crippen LogP contribution in [0.2, 0.25) is 0 Å². The summed E-state index contributed by atoms with van der Waals surface area (Å²) in [5.41, 5.74) is 7.81. The molecule has 0 unspecified atom stereocenters. The van der Waals surface area contributed by atoms with Crippen LogP contribution in [0.1, 0.15) is 11.3 Å². The Bertz CT molecular complexity index is 586. The average Bonchev–Trinajstić information content (AvgIpc) is 2.61. The number of carbonyl (C=O) groups excluding carboxylic acids is 2. The molecule has 1 aromatic heterocycles. The first-order valence-electron chi connectivity index (χ1n) is 5.23. The zero-order valence-electron chi connectivity index (χ0n) is 9.41. The Morgan fingerprint density at radius 3 is 2.76 bits per heavy atom. The predicted molar refractivity (Wildman–Crippen MR) is 64.1 cm³/mol. The Morgan fingerprint density at radius 2 is 2.06 bits per heavy atom. The zero-order valence-corrected chi connectivity index (χ0v) is 9.41. The Hall–Kier alpha value is -2.30. The number of hydrogen-bond acceptors (Lipinski definition) is 2. The third-order valence-corrected chi connectivity index (χ3v) is 2.68. The maximum Gasteiger partial charge on any atom is 0.309 e. The summed E-state index contributed by atoms with van der Waals surface area (Å²) in [6.07, 6.45) is 0. The minimum absolute atomic E-state index is 0.289. The maximum absolute atomic E-state index is 11.1. The molecule has 2 amide bonds. The second kappa shape index (κ2) is 4.29. The van der Waals surface area contributed by atoms with E-state index in [2.05, 4.69) is 10.3 Å². The molecule has 4 N–H and O–H groups in total. The minimum Gasteiger partial charge on any atom is -0.361 e. The molecule has 0 aliphatic rings. The van der Waals surface area contributed by atoms with Gasteiger partial charge in [-0.15, -0.1) is 0 Å². The van der Waals surface area contributed by atoms with E-state index < -0.39 is 11.8 Å². The number of para-hydroxylation sites is 1. The normalized spacial score (nSPS) is 10.4. The van der Waals surface area contributed by atoms with Crippen molar-refractivity contribution in [3.05, 3.63) is 35.5 Å². The molecule has 1 aromatic carbocycles. The minimum atomic E-state index is -0.970. The number of aromatic nitrogens is 1. The number of fused-ring (bicyclic) bond motifs is 1. The zero-order chi connectivity index (χ0) is 12.4. The molecule has 5 heteroatoms. The van der Waals surface area contributed by atoms with Crippen molar-refractivity contribution in [1.82, 2.24) is 10.3 Å². The first-order valence-corrected chi connectivity index (χ1v) is 5.23. The van der Waals surface area contributed by atoms with Crippen LogP contribution < -0.4 is 11.1 Å². The Balaban J connectivity index is 2.26. The molecule has 0 fully saturated rings. The molecule has 0 saturated heterocycles. The van der Waals surface area contributed by atoms with Gasteiger partial charge in [-0.25, -0.2) is 0 Å². The van der Waals surface area contributed by atoms with Gasteiger partial charge in [0.1, 0.15) is 0 Å². The van der Waals surface area contributed by atoms with Crippen molar-refractivity contribution in [2.45, 2.75) is 13.5 Å². The molecule has 1 heterocycles. The van der Waals surface area contributed by atoms with E-state index in [1.807, 2.05) is 31.2 Å². The van der Waals surface area contributed by atoms with E-state index in [1.165, 1.54) is 0 Å². The van der Waals surface area contributed by atoms with E-state index >= 15 is 0 Å². The van der Waals surface area contributed by atoms with Crippen LogP contribution >= 0.6 is 0 Å². The molecule has 2 aromatic rings. The summed E-state index contributed by atoms with van der Waals surface area (Å²) in [5, 5.41) is 3.52. The van der Waals surface area contributed by atoms with Gasteiger partial charge in [0.2, 0.25) is 0 Å². The summed E-state index contributed by atoms with van der Waals surface area (Å²) in [5.74, 6) is -1.74. The number of aryl methyl sites for hydroxylation is 1. The number of nitrogens with two attached hydrogens (primary N) is 1. The van der Waals surface area contributed by atoms with Crippen LogP contribution in [0.15, 0.2) is 24.3 Å². The summed E-state index contributed by atoms with van der Waals surface area (Å²) in [7, 11) is 0. The van der Waals surface area contributed by atoms with Crippen molar-refractivity contribution >= 4 is 22.7 Å². The number of primary amides is 1. The highest BCUT2D eigenvalue weighted by Gasteiger charge is 2.11. The number of carbonyl (C=O) groups is 2. The number of amides is 2. The molecular weight excluding hydrogens is 218 g/mol. The van der Waals surface area contributed by atoms with E-state index in [1.54, 1.807) is 0 Å². The fourth-order valence-electron chi connectivity index (χ4n) is 1.82. The lowest BCUT2D eigenvalue weighted by atomic mass is 10.1. The van der Waals surface area contributed by atoms with Gasteiger partial charge < -0.3 is 16.0 Å². The Labute approximate surface area is 98.0 Å². The van der Waals surface area contributed by atoms with E-state index in [4.69, 9.17) is 5.73 Å². The number of H-pyrrole nitrogens is 1. The lowest BCUT2D eigenvalue weighted by Gasteiger charge is -2.02. The van der Waals surface area contributed by atoms with Gasteiger partial charge >= 0.3 is 11.8 Å². The molecule has 0 saturated carbocycles. The maximum atomic E-state index is 11.1. The van der Waals surface area contributed by atoms with E-state index in [9.17, 15) is 9.59 Å². The third-order valence-electron chi connectivity index (χ3n) is 2.68. The summed E-state index contributed by atoms with van der Waals surface area (Å²) in [6.45, 7) is 2.21. The van der Waals surface area contributed by atoms with Crippen molar-refractivity contribution in [1.29, 1.82) is 0 Å². The average molecular weight is 231 g/mol. The van der Waals surface area contributed by atoms with Crippen LogP contribution in [0.5, 0.6) is 0 Å². The van der Waals surface area contributed by atoms with Gasteiger partial charge in [-0.05, 0) is 18.6 Å². The van der Waals surface area contributed by atoms with Gasteiger partial charge in [-0.1, -0.05) is 18.2 Å². The molecule has 0 bridgehead atoms. The van der Waals surface area contributed by atoms with Crippen molar-refractivity contribution in [2.24, 2.45) is 5.73 Å². The fraction of sp³-hybridized carbons (Fsp3) is 0.167. The lowest BCUT2D eigenvalue weighted by molar-refractivity contribution is -0.137. The van der Waals surface area contributed by atoms with E-state index in [0.29, 0.717) is 0 Å². The van der Waals surface area contributed by atoms with Crippen molar-refractivity contribution in [3.63, 3.8) is 0 Å². The highest BCUT2D eigenvalue weighted by atomic mass is 16.2. The van der Waals surface area contributed by atoms with Crippen LogP contribution in [-0.2, 0) is 16.1 Å². The molecule has 88 valence electrons. The van der Waals surface area contributed by atoms with E-state index in [-0.39, 0.29) is 6.54 Å². The Morgan fingerprint density at radius 1 is 1.35 bits per heavy atom. The summed E-state index contributed by atoms with van der Waals surface area (Å²) in [6, 6.07) is 7.78. The number of benzene rings is 1. The quantitative estimate of drug-likeness (QED) is 0.660. The molecule has 2 rings (SSSR count). The summed E-state index contributed by atoms with van der Waals surface area (Å²) < 4.78 is 0. The number of nitrogens with one attached hydrogen (secondary N) is 2. The highest BCUT2D eigenvalue weighted by Crippen LogP contribution is 2.21. The third kappa shape index (κ3) is 2.13. The van der Waals surface area contributed by atoms with Gasteiger partial charge in [0.05, 0.1) is 0 Å². The molecule has 0 atom stereocenters. The standard InChI is InChI=1S/C12H13N3O2/c1-7-9(6-14-12(17)11(13)16)8-4-2-3-5-10(8)15-7/h2-5,15H,6H2,1H3,(H2,13,16)(H,14,17). The van der Waals surface area contributed by atoms with E-state index in [0.717, 1.165) is 22.2 Å². The Kier molecular flexibility index (Phi) is 2.82. The lowest BCUT2D eigenvalue weighted by Crippen LogP contribution is -2.35. The van der Waals surface area contributed by atoms with Crippen LogP contribution in [0, 0.1) is 6.92 Å². The van der Waals surface area contributed by atoms with Crippen LogP contribution in [0.25, 0.3) is 10.9 Å². The monoisotopic (exact) mass is 231 g/mol. The molecular formula is C12H13N3O2. The smallest absolute Gasteiger partial charge is 0.309 e.